The Morgan fingerprint density at radius 3 is 2.47 bits per heavy atom. The third kappa shape index (κ3) is 7.46. The molecule has 0 bridgehead atoms. The molecule has 13 heteroatoms. The minimum Gasteiger partial charge on any atom is -0.491 e. The van der Waals surface area contributed by atoms with E-state index in [0.717, 1.165) is 50.9 Å². The summed E-state index contributed by atoms with van der Waals surface area (Å²) in [6.07, 6.45) is 9.66. The van der Waals surface area contributed by atoms with Crippen molar-refractivity contribution in [1.29, 1.82) is 0 Å². The van der Waals surface area contributed by atoms with Gasteiger partial charge in [0.25, 0.3) is 11.8 Å². The Labute approximate surface area is 340 Å². The fourth-order valence-corrected chi connectivity index (χ4v) is 7.75. The van der Waals surface area contributed by atoms with Crippen LogP contribution < -0.4 is 19.5 Å². The van der Waals surface area contributed by atoms with Gasteiger partial charge in [-0.3, -0.25) is 24.3 Å². The second kappa shape index (κ2) is 15.7. The van der Waals surface area contributed by atoms with Crippen LogP contribution in [-0.4, -0.2) is 80.2 Å². The second-order valence-corrected chi connectivity index (χ2v) is 14.9. The molecule has 9 rings (SSSR count). The van der Waals surface area contributed by atoms with Crippen molar-refractivity contribution < 1.29 is 33.3 Å². The predicted molar refractivity (Wildman–Crippen MR) is 219 cm³/mol. The second-order valence-electron chi connectivity index (χ2n) is 14.9. The normalized spacial score (nSPS) is 18.6. The molecule has 13 nitrogen and oxygen atoms in total. The van der Waals surface area contributed by atoms with Gasteiger partial charge in [-0.25, -0.2) is 9.97 Å². The summed E-state index contributed by atoms with van der Waals surface area (Å²) in [6.45, 7) is 6.42. The Bertz CT molecular complexity index is 2730. The SMILES string of the molecule is C=C1CCC(N2C(=O)c3ccc(OCCOCC#Cc4ccc(OC5CC(Oc6ncc(-c7ccc8c9cnccc9n(C)c8c7)cc6C)C5)cn4)cc3C2=O)C(=O)N1. The van der Waals surface area contributed by atoms with Gasteiger partial charge in [-0.15, -0.1) is 0 Å². The molecule has 0 radical (unpaired) electrons. The van der Waals surface area contributed by atoms with E-state index in [0.29, 0.717) is 41.6 Å². The molecule has 2 aromatic carbocycles. The van der Waals surface area contributed by atoms with E-state index in [1.807, 2.05) is 37.6 Å². The van der Waals surface area contributed by atoms with Gasteiger partial charge in [0.1, 0.15) is 48.7 Å². The summed E-state index contributed by atoms with van der Waals surface area (Å²) < 4.78 is 25.9. The highest BCUT2D eigenvalue weighted by molar-refractivity contribution is 6.23. The molecule has 296 valence electrons. The maximum Gasteiger partial charge on any atom is 0.262 e. The zero-order chi connectivity index (χ0) is 40.6. The molecule has 1 unspecified atom stereocenters. The van der Waals surface area contributed by atoms with Crippen LogP contribution in [0.5, 0.6) is 17.4 Å². The number of nitrogens with one attached hydrogen (secondary N) is 1. The number of hydrogen-bond donors (Lipinski definition) is 1. The van der Waals surface area contributed by atoms with Gasteiger partial charge in [-0.1, -0.05) is 24.6 Å². The molecule has 6 aromatic rings. The van der Waals surface area contributed by atoms with Crippen LogP contribution in [0.15, 0.2) is 97.7 Å². The maximum atomic E-state index is 13.1. The molecule has 1 atom stereocenters. The molecule has 2 fully saturated rings. The van der Waals surface area contributed by atoms with E-state index in [1.165, 1.54) is 11.5 Å². The Morgan fingerprint density at radius 2 is 1.66 bits per heavy atom. The van der Waals surface area contributed by atoms with Crippen molar-refractivity contribution in [3.8, 4) is 40.3 Å². The predicted octanol–water partition coefficient (Wildman–Crippen LogP) is 6.32. The van der Waals surface area contributed by atoms with Gasteiger partial charge in [0.2, 0.25) is 11.8 Å². The van der Waals surface area contributed by atoms with Crippen LogP contribution in [0.1, 0.15) is 57.7 Å². The number of allylic oxidation sites excluding steroid dienone is 1. The van der Waals surface area contributed by atoms with Gasteiger partial charge in [0.05, 0.1) is 29.4 Å². The lowest BCUT2D eigenvalue weighted by atomic mass is 9.92. The third-order valence-electron chi connectivity index (χ3n) is 11.0. The Balaban J connectivity index is 0.693. The van der Waals surface area contributed by atoms with Crippen molar-refractivity contribution in [3.05, 3.63) is 120 Å². The first-order valence-corrected chi connectivity index (χ1v) is 19.5. The molecule has 2 aliphatic heterocycles. The number of imide groups is 1. The molecule has 4 aromatic heterocycles. The number of rotatable bonds is 11. The fraction of sp³-hybridized carbons (Fsp3) is 0.261. The number of benzene rings is 2. The molecular formula is C46H40N6O7. The molecule has 3 aliphatic rings. The first-order chi connectivity index (χ1) is 28.7. The summed E-state index contributed by atoms with van der Waals surface area (Å²) in [6, 6.07) is 18.1. The van der Waals surface area contributed by atoms with Gasteiger partial charge < -0.3 is 28.8 Å². The lowest BCUT2D eigenvalue weighted by Gasteiger charge is -2.35. The summed E-state index contributed by atoms with van der Waals surface area (Å²) in [5, 5.41) is 4.95. The number of nitrogens with zero attached hydrogens (tertiary/aromatic N) is 5. The van der Waals surface area contributed by atoms with Crippen molar-refractivity contribution in [2.24, 2.45) is 7.05 Å². The quantitative estimate of drug-likeness (QED) is 0.0900. The Kier molecular flexibility index (Phi) is 10.00. The first-order valence-electron chi connectivity index (χ1n) is 19.5. The van der Waals surface area contributed by atoms with Crippen LogP contribution in [0.25, 0.3) is 32.9 Å². The third-order valence-corrected chi connectivity index (χ3v) is 11.0. The van der Waals surface area contributed by atoms with E-state index >= 15 is 0 Å². The highest BCUT2D eigenvalue weighted by Gasteiger charge is 2.44. The van der Waals surface area contributed by atoms with Gasteiger partial charge in [0.15, 0.2) is 0 Å². The molecule has 1 saturated heterocycles. The highest BCUT2D eigenvalue weighted by atomic mass is 16.5. The topological polar surface area (TPSA) is 147 Å². The van der Waals surface area contributed by atoms with Crippen molar-refractivity contribution in [1.82, 2.24) is 29.7 Å². The van der Waals surface area contributed by atoms with Crippen molar-refractivity contribution in [2.45, 2.75) is 50.9 Å². The van der Waals surface area contributed by atoms with E-state index in [1.54, 1.807) is 24.4 Å². The number of hydrogen-bond acceptors (Lipinski definition) is 10. The lowest BCUT2D eigenvalue weighted by Crippen LogP contribution is -2.51. The summed E-state index contributed by atoms with van der Waals surface area (Å²) >= 11 is 0. The van der Waals surface area contributed by atoms with Gasteiger partial charge in [-0.2, -0.15) is 0 Å². The first kappa shape index (κ1) is 37.5. The smallest absolute Gasteiger partial charge is 0.262 e. The number of fused-ring (bicyclic) bond motifs is 4. The van der Waals surface area contributed by atoms with E-state index in [9.17, 15) is 14.4 Å². The number of carbonyl (C=O) groups excluding carboxylic acids is 3. The average molecular weight is 789 g/mol. The number of piperidine rings is 1. The number of aromatic nitrogens is 4. The molecule has 1 saturated carbocycles. The van der Waals surface area contributed by atoms with Crippen LogP contribution in [0, 0.1) is 18.8 Å². The van der Waals surface area contributed by atoms with E-state index < -0.39 is 23.8 Å². The number of amides is 3. The molecule has 1 aliphatic carbocycles. The van der Waals surface area contributed by atoms with Crippen molar-refractivity contribution in [2.75, 3.05) is 19.8 Å². The summed E-state index contributed by atoms with van der Waals surface area (Å²) in [7, 11) is 2.08. The zero-order valence-corrected chi connectivity index (χ0v) is 32.6. The van der Waals surface area contributed by atoms with E-state index in [-0.39, 0.29) is 43.2 Å². The molecule has 59 heavy (non-hydrogen) atoms. The van der Waals surface area contributed by atoms with Gasteiger partial charge in [0, 0.05) is 71.6 Å². The highest BCUT2D eigenvalue weighted by Crippen LogP contribution is 2.35. The number of carbonyl (C=O) groups is 3. The monoisotopic (exact) mass is 788 g/mol. The number of ether oxygens (including phenoxy) is 4. The molecular weight excluding hydrogens is 749 g/mol. The largest absolute Gasteiger partial charge is 0.491 e. The number of pyridine rings is 3. The minimum atomic E-state index is -0.863. The lowest BCUT2D eigenvalue weighted by molar-refractivity contribution is -0.125. The number of aryl methyl sites for hydroxylation is 2. The van der Waals surface area contributed by atoms with Crippen molar-refractivity contribution in [3.63, 3.8) is 0 Å². The van der Waals surface area contributed by atoms with Crippen LogP contribution in [0.2, 0.25) is 0 Å². The van der Waals surface area contributed by atoms with E-state index in [4.69, 9.17) is 18.9 Å². The van der Waals surface area contributed by atoms with Crippen LogP contribution in [-0.2, 0) is 16.6 Å². The van der Waals surface area contributed by atoms with E-state index in [2.05, 4.69) is 74.6 Å². The Morgan fingerprint density at radius 1 is 0.831 bits per heavy atom. The molecule has 0 spiro atoms. The van der Waals surface area contributed by atoms with Crippen molar-refractivity contribution >= 4 is 39.5 Å². The molecule has 6 heterocycles. The minimum absolute atomic E-state index is 0.0225. The average Bonchev–Trinajstić information content (AvgIpc) is 3.65. The van der Waals surface area contributed by atoms with Gasteiger partial charge in [-0.05, 0) is 79.8 Å². The summed E-state index contributed by atoms with van der Waals surface area (Å²) in [5.74, 6) is 6.25. The fourth-order valence-electron chi connectivity index (χ4n) is 7.75. The molecule has 1 N–H and O–H groups in total. The van der Waals surface area contributed by atoms with Crippen LogP contribution in [0.4, 0.5) is 0 Å². The summed E-state index contributed by atoms with van der Waals surface area (Å²) in [5.41, 5.74) is 7.04. The van der Waals surface area contributed by atoms with Crippen LogP contribution in [0.3, 0.4) is 0 Å². The van der Waals surface area contributed by atoms with Crippen LogP contribution >= 0.6 is 0 Å². The summed E-state index contributed by atoms with van der Waals surface area (Å²) in [4.78, 5) is 52.9. The molecule has 3 amide bonds. The zero-order valence-electron chi connectivity index (χ0n) is 32.6. The standard InChI is InChI=1S/C46H40N6O7/c1-27-19-30(29-7-11-36-39-26-47-15-14-40(39)51(3)42(36)20-29)24-49-44(27)59-35-21-34(22-35)58-33-9-8-31(48-25-33)5-4-16-56-17-18-57-32-10-12-37-38(23-32)46(55)52(45(37)54)41-13-6-28(2)50-43(41)53/h7-12,14-15,19-20,23-26,34-35,41H,2,6,13,16-18,21-22H2,1,3H3,(H,50,53). The Hall–Kier alpha value is -7.04. The maximum absolute atomic E-state index is 13.1. The van der Waals surface area contributed by atoms with Gasteiger partial charge >= 0.3 is 0 Å².